The van der Waals surface area contributed by atoms with E-state index in [4.69, 9.17) is 0 Å². The highest BCUT2D eigenvalue weighted by Gasteiger charge is 1.96. The molecule has 0 aliphatic carbocycles. The van der Waals surface area contributed by atoms with Crippen LogP contribution in [0.2, 0.25) is 0 Å². The molecular weight excluding hydrogens is 286 g/mol. The fourth-order valence-corrected chi connectivity index (χ4v) is 2.38. The summed E-state index contributed by atoms with van der Waals surface area (Å²) in [5.41, 5.74) is 3.86. The monoisotopic (exact) mass is 303 g/mol. The molecule has 2 rings (SSSR count). The standard InChI is InChI=1S/C16H18BrN/c1-2-4-13-7-9-16(10-8-13)18-12-14-5-3-6-15(17)11-14/h3,5-11,18H,2,4,12H2,1H3. The van der Waals surface area contributed by atoms with Gasteiger partial charge in [0.05, 0.1) is 0 Å². The summed E-state index contributed by atoms with van der Waals surface area (Å²) in [6.45, 7) is 3.06. The van der Waals surface area contributed by atoms with Crippen LogP contribution in [-0.4, -0.2) is 0 Å². The van der Waals surface area contributed by atoms with Crippen molar-refractivity contribution in [1.29, 1.82) is 0 Å². The number of anilines is 1. The van der Waals surface area contributed by atoms with E-state index in [0.717, 1.165) is 17.4 Å². The summed E-state index contributed by atoms with van der Waals surface area (Å²) in [6.07, 6.45) is 2.36. The number of nitrogens with one attached hydrogen (secondary N) is 1. The minimum atomic E-state index is 0.854. The van der Waals surface area contributed by atoms with Gasteiger partial charge >= 0.3 is 0 Å². The van der Waals surface area contributed by atoms with Gasteiger partial charge in [0.25, 0.3) is 0 Å². The van der Waals surface area contributed by atoms with E-state index in [9.17, 15) is 0 Å². The number of hydrogen-bond donors (Lipinski definition) is 1. The molecule has 0 aliphatic rings. The molecule has 1 N–H and O–H groups in total. The Morgan fingerprint density at radius 2 is 1.78 bits per heavy atom. The molecule has 0 aromatic heterocycles. The second-order valence-corrected chi connectivity index (χ2v) is 5.35. The van der Waals surface area contributed by atoms with Gasteiger partial charge in [0.2, 0.25) is 0 Å². The topological polar surface area (TPSA) is 12.0 Å². The lowest BCUT2D eigenvalue weighted by Crippen LogP contribution is -1.99. The minimum absolute atomic E-state index is 0.854. The van der Waals surface area contributed by atoms with Crippen molar-refractivity contribution in [2.45, 2.75) is 26.3 Å². The van der Waals surface area contributed by atoms with Crippen LogP contribution in [0, 0.1) is 0 Å². The number of benzene rings is 2. The predicted molar refractivity (Wildman–Crippen MR) is 81.9 cm³/mol. The molecule has 2 aromatic rings. The van der Waals surface area contributed by atoms with Gasteiger partial charge in [-0.25, -0.2) is 0 Å². The van der Waals surface area contributed by atoms with Crippen molar-refractivity contribution < 1.29 is 0 Å². The zero-order valence-corrected chi connectivity index (χ0v) is 12.2. The van der Waals surface area contributed by atoms with Gasteiger partial charge in [0, 0.05) is 16.7 Å². The van der Waals surface area contributed by atoms with Crippen LogP contribution in [0.15, 0.2) is 53.0 Å². The maximum absolute atomic E-state index is 3.49. The van der Waals surface area contributed by atoms with Crippen LogP contribution >= 0.6 is 15.9 Å². The fraction of sp³-hybridized carbons (Fsp3) is 0.250. The third-order valence-electron chi connectivity index (χ3n) is 2.88. The summed E-state index contributed by atoms with van der Waals surface area (Å²) in [6, 6.07) is 17.1. The van der Waals surface area contributed by atoms with Gasteiger partial charge in [-0.2, -0.15) is 0 Å². The first-order chi connectivity index (χ1) is 8.78. The van der Waals surface area contributed by atoms with Gasteiger partial charge < -0.3 is 5.32 Å². The Hall–Kier alpha value is -1.28. The Morgan fingerprint density at radius 1 is 1.00 bits per heavy atom. The number of halogens is 1. The normalized spacial score (nSPS) is 10.3. The Bertz CT molecular complexity index is 491. The van der Waals surface area contributed by atoms with Gasteiger partial charge in [-0.3, -0.25) is 0 Å². The van der Waals surface area contributed by atoms with Crippen LogP contribution in [0.5, 0.6) is 0 Å². The lowest BCUT2D eigenvalue weighted by molar-refractivity contribution is 0.922. The average molecular weight is 304 g/mol. The van der Waals surface area contributed by atoms with E-state index in [0.29, 0.717) is 0 Å². The second kappa shape index (κ2) is 6.60. The van der Waals surface area contributed by atoms with Crippen molar-refractivity contribution in [3.8, 4) is 0 Å². The van der Waals surface area contributed by atoms with E-state index in [1.54, 1.807) is 0 Å². The molecular formula is C16H18BrN. The first-order valence-corrected chi connectivity index (χ1v) is 7.14. The molecule has 1 nitrogen and oxygen atoms in total. The highest BCUT2D eigenvalue weighted by molar-refractivity contribution is 9.10. The number of rotatable bonds is 5. The zero-order valence-electron chi connectivity index (χ0n) is 10.6. The molecule has 0 radical (unpaired) electrons. The molecule has 0 saturated carbocycles. The maximum Gasteiger partial charge on any atom is 0.0401 e. The van der Waals surface area contributed by atoms with Gasteiger partial charge in [-0.05, 0) is 41.8 Å². The van der Waals surface area contributed by atoms with E-state index in [-0.39, 0.29) is 0 Å². The zero-order chi connectivity index (χ0) is 12.8. The average Bonchev–Trinajstić information content (AvgIpc) is 2.38. The van der Waals surface area contributed by atoms with Gasteiger partial charge in [0.1, 0.15) is 0 Å². The van der Waals surface area contributed by atoms with Crippen molar-refractivity contribution in [3.63, 3.8) is 0 Å². The van der Waals surface area contributed by atoms with E-state index < -0.39 is 0 Å². The van der Waals surface area contributed by atoms with Crippen molar-refractivity contribution in [3.05, 3.63) is 64.1 Å². The number of hydrogen-bond acceptors (Lipinski definition) is 1. The molecule has 0 aliphatic heterocycles. The molecule has 0 fully saturated rings. The van der Waals surface area contributed by atoms with Crippen molar-refractivity contribution in [2.75, 3.05) is 5.32 Å². The first kappa shape index (κ1) is 13.2. The van der Waals surface area contributed by atoms with Gasteiger partial charge in [-0.15, -0.1) is 0 Å². The Labute approximate surface area is 117 Å². The quantitative estimate of drug-likeness (QED) is 0.818. The van der Waals surface area contributed by atoms with Crippen LogP contribution < -0.4 is 5.32 Å². The lowest BCUT2D eigenvalue weighted by atomic mass is 10.1. The maximum atomic E-state index is 3.49. The van der Waals surface area contributed by atoms with Crippen LogP contribution in [0.3, 0.4) is 0 Å². The van der Waals surface area contributed by atoms with E-state index in [1.807, 2.05) is 6.07 Å². The Kier molecular flexibility index (Phi) is 4.82. The third kappa shape index (κ3) is 3.88. The van der Waals surface area contributed by atoms with Crippen molar-refractivity contribution in [2.24, 2.45) is 0 Å². The van der Waals surface area contributed by atoms with Crippen LogP contribution in [0.25, 0.3) is 0 Å². The molecule has 94 valence electrons. The fourth-order valence-electron chi connectivity index (χ4n) is 1.93. The highest BCUT2D eigenvalue weighted by Crippen LogP contribution is 2.15. The summed E-state index contributed by atoms with van der Waals surface area (Å²) in [4.78, 5) is 0. The molecule has 0 heterocycles. The highest BCUT2D eigenvalue weighted by atomic mass is 79.9. The van der Waals surface area contributed by atoms with E-state index >= 15 is 0 Å². The molecule has 0 amide bonds. The molecule has 18 heavy (non-hydrogen) atoms. The van der Waals surface area contributed by atoms with Gasteiger partial charge in [-0.1, -0.05) is 53.5 Å². The van der Waals surface area contributed by atoms with Crippen LogP contribution in [-0.2, 0) is 13.0 Å². The van der Waals surface area contributed by atoms with E-state index in [1.165, 1.54) is 23.2 Å². The molecule has 0 spiro atoms. The molecule has 0 atom stereocenters. The van der Waals surface area contributed by atoms with Crippen molar-refractivity contribution >= 4 is 21.6 Å². The largest absolute Gasteiger partial charge is 0.381 e. The summed E-state index contributed by atoms with van der Waals surface area (Å²) >= 11 is 3.49. The molecule has 2 heteroatoms. The molecule has 0 saturated heterocycles. The third-order valence-corrected chi connectivity index (χ3v) is 3.37. The molecule has 0 unspecified atom stereocenters. The second-order valence-electron chi connectivity index (χ2n) is 4.43. The summed E-state index contributed by atoms with van der Waals surface area (Å²) in [5, 5.41) is 3.44. The van der Waals surface area contributed by atoms with E-state index in [2.05, 4.69) is 70.6 Å². The predicted octanol–water partition coefficient (Wildman–Crippen LogP) is 5.01. The van der Waals surface area contributed by atoms with Crippen molar-refractivity contribution in [1.82, 2.24) is 0 Å². The lowest BCUT2D eigenvalue weighted by Gasteiger charge is -2.08. The van der Waals surface area contributed by atoms with Crippen LogP contribution in [0.1, 0.15) is 24.5 Å². The Balaban J connectivity index is 1.93. The Morgan fingerprint density at radius 3 is 2.44 bits per heavy atom. The van der Waals surface area contributed by atoms with Crippen LogP contribution in [0.4, 0.5) is 5.69 Å². The molecule has 2 aromatic carbocycles. The minimum Gasteiger partial charge on any atom is -0.381 e. The SMILES string of the molecule is CCCc1ccc(NCc2cccc(Br)c2)cc1. The molecule has 0 bridgehead atoms. The summed E-state index contributed by atoms with van der Waals surface area (Å²) < 4.78 is 1.13. The smallest absolute Gasteiger partial charge is 0.0401 e. The van der Waals surface area contributed by atoms with Gasteiger partial charge in [0.15, 0.2) is 0 Å². The summed E-state index contributed by atoms with van der Waals surface area (Å²) in [5.74, 6) is 0. The number of aryl methyl sites for hydroxylation is 1. The first-order valence-electron chi connectivity index (χ1n) is 6.35. The summed E-state index contributed by atoms with van der Waals surface area (Å²) in [7, 11) is 0.